The van der Waals surface area contributed by atoms with E-state index >= 15 is 0 Å². The van der Waals surface area contributed by atoms with E-state index in [-0.39, 0.29) is 28.2 Å². The topological polar surface area (TPSA) is 72.5 Å². The summed E-state index contributed by atoms with van der Waals surface area (Å²) in [7, 11) is 0. The Balaban J connectivity index is 1.70. The minimum absolute atomic E-state index is 0.0978. The largest absolute Gasteiger partial charge is 0.454 e. The molecule has 0 aliphatic carbocycles. The van der Waals surface area contributed by atoms with Crippen LogP contribution in [-0.2, 0) is 9.53 Å². The quantitative estimate of drug-likeness (QED) is 0.472. The maximum Gasteiger partial charge on any atom is 0.340 e. The highest BCUT2D eigenvalue weighted by molar-refractivity contribution is 7.98. The number of carbonyl (C=O) groups is 3. The van der Waals surface area contributed by atoms with Crippen LogP contribution in [0.1, 0.15) is 39.1 Å². The van der Waals surface area contributed by atoms with Crippen molar-refractivity contribution >= 4 is 46.7 Å². The lowest BCUT2D eigenvalue weighted by Crippen LogP contribution is -2.15. The minimum Gasteiger partial charge on any atom is -0.454 e. The van der Waals surface area contributed by atoms with Crippen LogP contribution in [0.2, 0.25) is 5.02 Å². The van der Waals surface area contributed by atoms with E-state index in [1.54, 1.807) is 43.3 Å². The molecule has 26 heavy (non-hydrogen) atoms. The van der Waals surface area contributed by atoms with E-state index in [2.05, 4.69) is 5.32 Å². The van der Waals surface area contributed by atoms with E-state index in [1.807, 2.05) is 6.26 Å². The van der Waals surface area contributed by atoms with Gasteiger partial charge in [-0.3, -0.25) is 9.59 Å². The molecule has 1 atom stereocenters. The van der Waals surface area contributed by atoms with Crippen LogP contribution in [0, 0.1) is 0 Å². The van der Waals surface area contributed by atoms with Gasteiger partial charge < -0.3 is 10.1 Å². The molecule has 0 radical (unpaired) electrons. The van der Waals surface area contributed by atoms with E-state index in [9.17, 15) is 14.4 Å². The van der Waals surface area contributed by atoms with Crippen molar-refractivity contribution < 1.29 is 19.1 Å². The SMILES string of the molecule is CSc1ccc(Cl)c(C(=O)OCC(=O)c2ccc3c(c2)[C@H](C)C(=O)N3)c1. The second kappa shape index (κ2) is 7.51. The summed E-state index contributed by atoms with van der Waals surface area (Å²) in [4.78, 5) is 37.1. The van der Waals surface area contributed by atoms with Crippen molar-refractivity contribution in [3.05, 3.63) is 58.1 Å². The molecular weight excluding hydrogens is 374 g/mol. The first-order chi connectivity index (χ1) is 12.4. The summed E-state index contributed by atoms with van der Waals surface area (Å²) in [6.45, 7) is 1.38. The zero-order chi connectivity index (χ0) is 18.8. The van der Waals surface area contributed by atoms with Crippen molar-refractivity contribution in [1.29, 1.82) is 0 Å². The first kappa shape index (κ1) is 18.5. The molecule has 0 spiro atoms. The van der Waals surface area contributed by atoms with Gasteiger partial charge in [0.2, 0.25) is 5.91 Å². The molecule has 1 N–H and O–H groups in total. The second-order valence-electron chi connectivity index (χ2n) is 5.86. The van der Waals surface area contributed by atoms with Gasteiger partial charge in [0, 0.05) is 16.1 Å². The van der Waals surface area contributed by atoms with Crippen LogP contribution in [0.15, 0.2) is 41.3 Å². The van der Waals surface area contributed by atoms with Crippen molar-refractivity contribution in [2.75, 3.05) is 18.2 Å². The number of halogens is 1. The lowest BCUT2D eigenvalue weighted by atomic mass is 9.99. The predicted molar refractivity (Wildman–Crippen MR) is 101 cm³/mol. The number of nitrogens with one attached hydrogen (secondary N) is 1. The number of hydrogen-bond donors (Lipinski definition) is 1. The van der Waals surface area contributed by atoms with Crippen LogP contribution >= 0.6 is 23.4 Å². The van der Waals surface area contributed by atoms with Gasteiger partial charge >= 0.3 is 5.97 Å². The monoisotopic (exact) mass is 389 g/mol. The smallest absolute Gasteiger partial charge is 0.340 e. The Kier molecular flexibility index (Phi) is 5.34. The lowest BCUT2D eigenvalue weighted by Gasteiger charge is -2.08. The summed E-state index contributed by atoms with van der Waals surface area (Å²) >= 11 is 7.52. The van der Waals surface area contributed by atoms with Crippen LogP contribution in [-0.4, -0.2) is 30.5 Å². The second-order valence-corrected chi connectivity index (χ2v) is 7.14. The van der Waals surface area contributed by atoms with Gasteiger partial charge in [0.25, 0.3) is 0 Å². The Hall–Kier alpha value is -2.31. The molecule has 0 saturated carbocycles. The van der Waals surface area contributed by atoms with Gasteiger partial charge in [0.1, 0.15) is 0 Å². The number of benzene rings is 2. The third-order valence-electron chi connectivity index (χ3n) is 4.22. The molecule has 0 fully saturated rings. The molecule has 0 aromatic heterocycles. The molecular formula is C19H16ClNO4S. The number of amides is 1. The molecule has 3 rings (SSSR count). The van der Waals surface area contributed by atoms with Gasteiger partial charge in [-0.15, -0.1) is 11.8 Å². The highest BCUT2D eigenvalue weighted by Crippen LogP contribution is 2.32. The molecule has 2 aromatic rings. The summed E-state index contributed by atoms with van der Waals surface area (Å²) in [6, 6.07) is 10.0. The number of ketones is 1. The molecule has 1 amide bonds. The normalized spacial score (nSPS) is 15.3. The number of carbonyl (C=O) groups excluding carboxylic acids is 3. The number of anilines is 1. The molecule has 5 nitrogen and oxygen atoms in total. The Morgan fingerprint density at radius 2 is 2.00 bits per heavy atom. The van der Waals surface area contributed by atoms with Crippen LogP contribution < -0.4 is 5.32 Å². The first-order valence-electron chi connectivity index (χ1n) is 7.89. The molecule has 0 unspecified atom stereocenters. The van der Waals surface area contributed by atoms with Crippen LogP contribution in [0.5, 0.6) is 0 Å². The summed E-state index contributed by atoms with van der Waals surface area (Å²) in [5.74, 6) is -1.40. The average molecular weight is 390 g/mol. The summed E-state index contributed by atoms with van der Waals surface area (Å²) in [6.07, 6.45) is 1.89. The van der Waals surface area contributed by atoms with Gasteiger partial charge in [-0.05, 0) is 55.1 Å². The van der Waals surface area contributed by atoms with Crippen LogP contribution in [0.4, 0.5) is 5.69 Å². The van der Waals surface area contributed by atoms with Gasteiger partial charge in [0.15, 0.2) is 12.4 Å². The fourth-order valence-corrected chi connectivity index (χ4v) is 3.30. The van der Waals surface area contributed by atoms with E-state index < -0.39 is 12.6 Å². The molecule has 0 saturated heterocycles. The van der Waals surface area contributed by atoms with E-state index in [0.29, 0.717) is 11.3 Å². The van der Waals surface area contributed by atoms with Gasteiger partial charge in [-0.2, -0.15) is 0 Å². The average Bonchev–Trinajstić information content (AvgIpc) is 2.93. The molecule has 1 heterocycles. The number of thioether (sulfide) groups is 1. The fourth-order valence-electron chi connectivity index (χ4n) is 2.67. The van der Waals surface area contributed by atoms with E-state index in [4.69, 9.17) is 16.3 Å². The molecule has 1 aliphatic rings. The maximum atomic E-state index is 12.4. The Labute approximate surface area is 160 Å². The summed E-state index contributed by atoms with van der Waals surface area (Å²) < 4.78 is 5.13. The Bertz CT molecular complexity index is 912. The van der Waals surface area contributed by atoms with Crippen LogP contribution in [0.3, 0.4) is 0 Å². The Morgan fingerprint density at radius 1 is 1.23 bits per heavy atom. The zero-order valence-electron chi connectivity index (χ0n) is 14.2. The maximum absolute atomic E-state index is 12.4. The minimum atomic E-state index is -0.648. The van der Waals surface area contributed by atoms with Crippen molar-refractivity contribution in [2.24, 2.45) is 0 Å². The number of Topliss-reactive ketones (excluding diaryl/α,β-unsaturated/α-hetero) is 1. The Morgan fingerprint density at radius 3 is 2.73 bits per heavy atom. The van der Waals surface area contributed by atoms with E-state index in [1.165, 1.54) is 11.8 Å². The van der Waals surface area contributed by atoms with Gasteiger partial charge in [0.05, 0.1) is 16.5 Å². The number of esters is 1. The molecule has 1 aliphatic heterocycles. The lowest BCUT2D eigenvalue weighted by molar-refractivity contribution is -0.116. The molecule has 7 heteroatoms. The number of fused-ring (bicyclic) bond motifs is 1. The fraction of sp³-hybridized carbons (Fsp3) is 0.211. The highest BCUT2D eigenvalue weighted by atomic mass is 35.5. The number of rotatable bonds is 5. The van der Waals surface area contributed by atoms with E-state index in [0.717, 1.165) is 10.5 Å². The van der Waals surface area contributed by atoms with Gasteiger partial charge in [-0.1, -0.05) is 11.6 Å². The molecule has 2 aromatic carbocycles. The third-order valence-corrected chi connectivity index (χ3v) is 5.27. The number of ether oxygens (including phenoxy) is 1. The van der Waals surface area contributed by atoms with Crippen LogP contribution in [0.25, 0.3) is 0 Å². The molecule has 0 bridgehead atoms. The highest BCUT2D eigenvalue weighted by Gasteiger charge is 2.27. The van der Waals surface area contributed by atoms with Gasteiger partial charge in [-0.25, -0.2) is 4.79 Å². The summed E-state index contributed by atoms with van der Waals surface area (Å²) in [5, 5.41) is 3.02. The van der Waals surface area contributed by atoms with Crippen molar-refractivity contribution in [3.63, 3.8) is 0 Å². The zero-order valence-corrected chi connectivity index (χ0v) is 15.7. The standard InChI is InChI=1S/C19H16ClNO4S/c1-10-13-7-11(3-6-16(13)21-18(10)23)17(22)9-25-19(24)14-8-12(26-2)4-5-15(14)20/h3-8,10H,9H2,1-2H3,(H,21,23)/t10-/m0/s1. The molecule has 134 valence electrons. The van der Waals surface area contributed by atoms with Crippen molar-refractivity contribution in [2.45, 2.75) is 17.7 Å². The first-order valence-corrected chi connectivity index (χ1v) is 9.49. The number of hydrogen-bond acceptors (Lipinski definition) is 5. The van der Waals surface area contributed by atoms with Crippen molar-refractivity contribution in [1.82, 2.24) is 0 Å². The third kappa shape index (κ3) is 3.61. The summed E-state index contributed by atoms with van der Waals surface area (Å²) in [5.41, 5.74) is 2.09. The predicted octanol–water partition coefficient (Wildman–Crippen LogP) is 4.16. The van der Waals surface area contributed by atoms with Crippen molar-refractivity contribution in [3.8, 4) is 0 Å².